The molecule has 0 unspecified atom stereocenters. The van der Waals surface area contributed by atoms with Crippen molar-refractivity contribution in [2.45, 2.75) is 12.5 Å². The summed E-state index contributed by atoms with van der Waals surface area (Å²) in [5.41, 5.74) is 7.38. The summed E-state index contributed by atoms with van der Waals surface area (Å²) in [5, 5.41) is 0. The van der Waals surface area contributed by atoms with E-state index in [1.165, 1.54) is 17.0 Å². The Morgan fingerprint density at radius 2 is 1.82 bits per heavy atom. The smallest absolute Gasteiger partial charge is 0.335 e. The van der Waals surface area contributed by atoms with Crippen LogP contribution in [0, 0.1) is 0 Å². The molecule has 1 aliphatic heterocycles. The molecule has 166 valence electrons. The van der Waals surface area contributed by atoms with Gasteiger partial charge in [0, 0.05) is 13.1 Å². The number of carbonyl (C=O) groups excluding carboxylic acids is 1. The largest absolute Gasteiger partial charge is 0.457 e. The lowest BCUT2D eigenvalue weighted by Gasteiger charge is -2.14. The van der Waals surface area contributed by atoms with Crippen LogP contribution in [0.3, 0.4) is 0 Å². The molecule has 1 fully saturated rings. The second-order valence-electron chi connectivity index (χ2n) is 7.76. The van der Waals surface area contributed by atoms with E-state index in [0.29, 0.717) is 42.1 Å². The number of amides is 1. The minimum Gasteiger partial charge on any atom is -0.457 e. The Bertz CT molecular complexity index is 1390. The van der Waals surface area contributed by atoms with Crippen molar-refractivity contribution in [1.82, 2.24) is 24.0 Å². The van der Waals surface area contributed by atoms with Crippen molar-refractivity contribution >= 4 is 22.9 Å². The highest BCUT2D eigenvalue weighted by molar-refractivity contribution is 5.87. The van der Waals surface area contributed by atoms with Gasteiger partial charge in [0.2, 0.25) is 5.91 Å². The molecule has 9 heteroatoms. The molecule has 33 heavy (non-hydrogen) atoms. The first-order valence-electron chi connectivity index (χ1n) is 10.5. The zero-order chi connectivity index (χ0) is 22.9. The minimum atomic E-state index is -0.285. The Balaban J connectivity index is 1.55. The van der Waals surface area contributed by atoms with Gasteiger partial charge in [0.1, 0.15) is 23.3 Å². The van der Waals surface area contributed by atoms with Crippen LogP contribution >= 0.6 is 0 Å². The molecular formula is C24H22N6O3. The summed E-state index contributed by atoms with van der Waals surface area (Å²) >= 11 is 0. The van der Waals surface area contributed by atoms with Gasteiger partial charge in [0.15, 0.2) is 11.5 Å². The number of imidazole rings is 1. The Morgan fingerprint density at radius 3 is 2.55 bits per heavy atom. The second-order valence-corrected chi connectivity index (χ2v) is 7.76. The highest BCUT2D eigenvalue weighted by Gasteiger charge is 2.31. The molecule has 1 saturated heterocycles. The zero-order valence-electron chi connectivity index (χ0n) is 17.8. The first-order chi connectivity index (χ1) is 16.1. The third-order valence-electron chi connectivity index (χ3n) is 5.77. The summed E-state index contributed by atoms with van der Waals surface area (Å²) in [6.45, 7) is 4.49. The number of likely N-dealkylation sites (tertiary alicyclic amines) is 1. The van der Waals surface area contributed by atoms with E-state index in [-0.39, 0.29) is 23.5 Å². The molecule has 2 aromatic heterocycles. The van der Waals surface area contributed by atoms with Gasteiger partial charge in [-0.2, -0.15) is 0 Å². The van der Waals surface area contributed by atoms with Crippen molar-refractivity contribution in [1.29, 1.82) is 0 Å². The van der Waals surface area contributed by atoms with Gasteiger partial charge in [-0.25, -0.2) is 14.8 Å². The Morgan fingerprint density at radius 1 is 1.09 bits per heavy atom. The first-order valence-corrected chi connectivity index (χ1v) is 10.5. The van der Waals surface area contributed by atoms with Crippen molar-refractivity contribution in [2.75, 3.05) is 18.8 Å². The number of hydrogen-bond acceptors (Lipinski definition) is 6. The number of aromatic nitrogens is 4. The van der Waals surface area contributed by atoms with Gasteiger partial charge < -0.3 is 15.4 Å². The maximum Gasteiger partial charge on any atom is 0.335 e. The third kappa shape index (κ3) is 3.63. The standard InChI is InChI=1S/C24H22N6O3/c1-2-20(31)28-13-12-17(14-28)30-23-21(22(25)26-15-27-23)29(24(30)32)16-8-10-19(11-9-16)33-18-6-4-3-5-7-18/h2-11,15,17H,1,12-14H2,(H2,25,26,27)/t17-/m0/s1. The maximum absolute atomic E-state index is 13.6. The number of nitrogen functional groups attached to an aromatic ring is 1. The van der Waals surface area contributed by atoms with Gasteiger partial charge in [0.05, 0.1) is 11.7 Å². The molecule has 3 heterocycles. The summed E-state index contributed by atoms with van der Waals surface area (Å²) in [4.78, 5) is 35.8. The van der Waals surface area contributed by atoms with E-state index in [1.54, 1.807) is 33.7 Å². The van der Waals surface area contributed by atoms with Gasteiger partial charge in [0.25, 0.3) is 0 Å². The van der Waals surface area contributed by atoms with Crippen LogP contribution in [0.1, 0.15) is 12.5 Å². The van der Waals surface area contributed by atoms with Crippen LogP contribution in [0.25, 0.3) is 16.9 Å². The lowest BCUT2D eigenvalue weighted by Crippen LogP contribution is -2.31. The molecule has 2 aromatic carbocycles. The summed E-state index contributed by atoms with van der Waals surface area (Å²) < 4.78 is 8.97. The fourth-order valence-electron chi connectivity index (χ4n) is 4.21. The molecular weight excluding hydrogens is 420 g/mol. The van der Waals surface area contributed by atoms with E-state index in [1.807, 2.05) is 30.3 Å². The van der Waals surface area contributed by atoms with Crippen LogP contribution in [-0.4, -0.2) is 43.0 Å². The van der Waals surface area contributed by atoms with Crippen LogP contribution in [0.2, 0.25) is 0 Å². The quantitative estimate of drug-likeness (QED) is 0.476. The fraction of sp³-hybridized carbons (Fsp3) is 0.167. The van der Waals surface area contributed by atoms with Crippen molar-refractivity contribution < 1.29 is 9.53 Å². The summed E-state index contributed by atoms with van der Waals surface area (Å²) in [7, 11) is 0. The molecule has 2 N–H and O–H groups in total. The number of para-hydroxylation sites is 1. The highest BCUT2D eigenvalue weighted by Crippen LogP contribution is 2.28. The lowest BCUT2D eigenvalue weighted by atomic mass is 10.2. The summed E-state index contributed by atoms with van der Waals surface area (Å²) in [6, 6.07) is 16.4. The average molecular weight is 442 g/mol. The van der Waals surface area contributed by atoms with E-state index in [9.17, 15) is 9.59 Å². The van der Waals surface area contributed by atoms with Crippen LogP contribution in [0.4, 0.5) is 5.82 Å². The number of rotatable bonds is 5. The molecule has 0 aliphatic carbocycles. The van der Waals surface area contributed by atoms with Crippen molar-refractivity contribution in [3.63, 3.8) is 0 Å². The maximum atomic E-state index is 13.6. The van der Waals surface area contributed by atoms with Gasteiger partial charge in [-0.15, -0.1) is 0 Å². The number of anilines is 1. The van der Waals surface area contributed by atoms with Crippen LogP contribution in [-0.2, 0) is 4.79 Å². The Labute approximate surface area is 189 Å². The highest BCUT2D eigenvalue weighted by atomic mass is 16.5. The van der Waals surface area contributed by atoms with Crippen LogP contribution < -0.4 is 16.2 Å². The summed E-state index contributed by atoms with van der Waals surface area (Å²) in [6.07, 6.45) is 3.26. The van der Waals surface area contributed by atoms with Crippen molar-refractivity contribution in [3.8, 4) is 17.2 Å². The molecule has 5 rings (SSSR count). The van der Waals surface area contributed by atoms with Crippen LogP contribution in [0.5, 0.6) is 11.5 Å². The van der Waals surface area contributed by atoms with Gasteiger partial charge >= 0.3 is 5.69 Å². The lowest BCUT2D eigenvalue weighted by molar-refractivity contribution is -0.125. The predicted molar refractivity (Wildman–Crippen MR) is 124 cm³/mol. The molecule has 9 nitrogen and oxygen atoms in total. The second kappa shape index (κ2) is 8.27. The molecule has 4 aromatic rings. The van der Waals surface area contributed by atoms with E-state index >= 15 is 0 Å². The number of fused-ring (bicyclic) bond motifs is 1. The number of nitrogens with zero attached hydrogens (tertiary/aromatic N) is 5. The number of benzene rings is 2. The molecule has 0 bridgehead atoms. The molecule has 0 saturated carbocycles. The number of carbonyl (C=O) groups is 1. The average Bonchev–Trinajstić information content (AvgIpc) is 3.43. The summed E-state index contributed by atoms with van der Waals surface area (Å²) in [5.74, 6) is 1.41. The SMILES string of the molecule is C=CC(=O)N1CC[C@H](n2c(=O)n(-c3ccc(Oc4ccccc4)cc3)c3c(N)ncnc32)C1. The Kier molecular flexibility index (Phi) is 5.14. The van der Waals surface area contributed by atoms with Crippen molar-refractivity contribution in [2.24, 2.45) is 0 Å². The first kappa shape index (κ1) is 20.5. The zero-order valence-corrected chi connectivity index (χ0v) is 17.8. The Hall–Kier alpha value is -4.40. The van der Waals surface area contributed by atoms with Gasteiger partial charge in [-0.3, -0.25) is 13.9 Å². The van der Waals surface area contributed by atoms with Gasteiger partial charge in [-0.05, 0) is 48.9 Å². The molecule has 1 aliphatic rings. The molecule has 0 spiro atoms. The monoisotopic (exact) mass is 442 g/mol. The van der Waals surface area contributed by atoms with Crippen LogP contribution in [0.15, 0.2) is 78.4 Å². The normalized spacial score (nSPS) is 15.6. The number of ether oxygens (including phenoxy) is 1. The molecule has 1 amide bonds. The topological polar surface area (TPSA) is 108 Å². The fourth-order valence-corrected chi connectivity index (χ4v) is 4.21. The molecule has 0 radical (unpaired) electrons. The number of hydrogen-bond donors (Lipinski definition) is 1. The minimum absolute atomic E-state index is 0.155. The predicted octanol–water partition coefficient (Wildman–Crippen LogP) is 2.92. The van der Waals surface area contributed by atoms with Gasteiger partial charge in [-0.1, -0.05) is 24.8 Å². The van der Waals surface area contributed by atoms with E-state index < -0.39 is 0 Å². The van der Waals surface area contributed by atoms with E-state index in [4.69, 9.17) is 10.5 Å². The van der Waals surface area contributed by atoms with E-state index in [0.717, 1.165) is 5.75 Å². The van der Waals surface area contributed by atoms with E-state index in [2.05, 4.69) is 16.5 Å². The van der Waals surface area contributed by atoms with Crippen molar-refractivity contribution in [3.05, 3.63) is 84.1 Å². The number of nitrogens with two attached hydrogens (primary N) is 1. The third-order valence-corrected chi connectivity index (χ3v) is 5.77. The molecule has 1 atom stereocenters.